The van der Waals surface area contributed by atoms with E-state index < -0.39 is 18.1 Å². The fourth-order valence-electron chi connectivity index (χ4n) is 3.08. The van der Waals surface area contributed by atoms with Gasteiger partial charge in [0.15, 0.2) is 12.0 Å². The summed E-state index contributed by atoms with van der Waals surface area (Å²) in [6.07, 6.45) is 7.33. The first kappa shape index (κ1) is 14.0. The molecule has 2 aromatic rings. The zero-order chi connectivity index (χ0) is 15.5. The van der Waals surface area contributed by atoms with Crippen LogP contribution in [0.1, 0.15) is 20.1 Å². The van der Waals surface area contributed by atoms with E-state index >= 15 is 0 Å². The average molecular weight is 320 g/mol. The molecule has 2 aromatic heterocycles. The quantitative estimate of drug-likeness (QED) is 0.595. The molecule has 2 aliphatic heterocycles. The van der Waals surface area contributed by atoms with E-state index in [-0.39, 0.29) is 12.2 Å². The smallest absolute Gasteiger partial charge is 0.166 e. The van der Waals surface area contributed by atoms with Gasteiger partial charge in [-0.1, -0.05) is 17.5 Å². The summed E-state index contributed by atoms with van der Waals surface area (Å²) in [4.78, 5) is 8.27. The molecule has 7 heteroatoms. The zero-order valence-corrected chi connectivity index (χ0v) is 12.8. The summed E-state index contributed by atoms with van der Waals surface area (Å²) in [5.74, 6) is 1.93. The summed E-state index contributed by atoms with van der Waals surface area (Å²) < 4.78 is 19.7. The maximum Gasteiger partial charge on any atom is 0.166 e. The van der Waals surface area contributed by atoms with Crippen molar-refractivity contribution in [1.29, 1.82) is 0 Å². The minimum atomic E-state index is -0.692. The summed E-state index contributed by atoms with van der Waals surface area (Å²) in [5.41, 5.74) is 0.676. The third kappa shape index (κ3) is 1.94. The average Bonchev–Trinajstić information content (AvgIpc) is 3.10. The van der Waals surface area contributed by atoms with Gasteiger partial charge in [-0.05, 0) is 19.9 Å². The monoisotopic (exact) mass is 319 g/mol. The summed E-state index contributed by atoms with van der Waals surface area (Å²) >= 11 is 6.10. The second-order valence-corrected chi connectivity index (χ2v) is 6.16. The van der Waals surface area contributed by atoms with Crippen LogP contribution >= 0.6 is 11.6 Å². The minimum absolute atomic E-state index is 0.305. The minimum Gasteiger partial charge on any atom is -0.341 e. The molecular weight excluding hydrogens is 306 g/mol. The summed E-state index contributed by atoms with van der Waals surface area (Å²) in [7, 11) is 0. The number of nitrogens with zero attached hydrogens (tertiary/aromatic N) is 3. The summed E-state index contributed by atoms with van der Waals surface area (Å²) in [6, 6.07) is 1.85. The van der Waals surface area contributed by atoms with Crippen molar-refractivity contribution in [2.45, 2.75) is 44.2 Å². The fourth-order valence-corrected chi connectivity index (χ4v) is 3.27. The number of terminal acetylenes is 1. The van der Waals surface area contributed by atoms with Gasteiger partial charge in [0, 0.05) is 6.20 Å². The Bertz CT molecular complexity index is 782. The van der Waals surface area contributed by atoms with E-state index in [9.17, 15) is 0 Å². The van der Waals surface area contributed by atoms with E-state index in [2.05, 4.69) is 15.9 Å². The molecule has 0 unspecified atom stereocenters. The van der Waals surface area contributed by atoms with Gasteiger partial charge in [-0.2, -0.15) is 0 Å². The van der Waals surface area contributed by atoms with Crippen LogP contribution in [0.3, 0.4) is 0 Å². The predicted octanol–water partition coefficient (Wildman–Crippen LogP) is 2.14. The highest BCUT2D eigenvalue weighted by Gasteiger charge is 2.55. The Balaban J connectivity index is 1.79. The lowest BCUT2D eigenvalue weighted by Gasteiger charge is -2.23. The standard InChI is InChI=1S/C15H14ClN3O3/c1-4-9-10-11(22-15(2,3)21-10)14(20-9)19-6-5-8-12(16)17-7-18-13(8)19/h1,5-7,9-11,14H,2-3H3/t9-,10-,11-,14-/m1/s1. The van der Waals surface area contributed by atoms with Gasteiger partial charge in [-0.3, -0.25) is 0 Å². The van der Waals surface area contributed by atoms with Gasteiger partial charge in [-0.15, -0.1) is 6.42 Å². The molecule has 0 aliphatic carbocycles. The summed E-state index contributed by atoms with van der Waals surface area (Å²) in [5, 5.41) is 1.15. The van der Waals surface area contributed by atoms with Gasteiger partial charge < -0.3 is 18.8 Å². The lowest BCUT2D eigenvalue weighted by atomic mass is 10.1. The molecule has 4 atom stereocenters. The molecular formula is C15H14ClN3O3. The van der Waals surface area contributed by atoms with Gasteiger partial charge in [0.2, 0.25) is 0 Å². The number of rotatable bonds is 1. The molecule has 6 nitrogen and oxygen atoms in total. The topological polar surface area (TPSA) is 58.4 Å². The first-order valence-corrected chi connectivity index (χ1v) is 7.32. The fraction of sp³-hybridized carbons (Fsp3) is 0.467. The van der Waals surface area contributed by atoms with Crippen LogP contribution in [-0.4, -0.2) is 38.6 Å². The highest BCUT2D eigenvalue weighted by Crippen LogP contribution is 2.43. The molecule has 0 spiro atoms. The molecule has 0 N–H and O–H groups in total. The van der Waals surface area contributed by atoms with Crippen molar-refractivity contribution in [3.8, 4) is 12.3 Å². The predicted molar refractivity (Wildman–Crippen MR) is 79.1 cm³/mol. The van der Waals surface area contributed by atoms with Crippen LogP contribution in [-0.2, 0) is 14.2 Å². The van der Waals surface area contributed by atoms with Gasteiger partial charge in [0.1, 0.15) is 35.4 Å². The van der Waals surface area contributed by atoms with Crippen LogP contribution in [0.4, 0.5) is 0 Å². The van der Waals surface area contributed by atoms with E-state index in [0.717, 1.165) is 5.39 Å². The molecule has 4 heterocycles. The number of hydrogen-bond acceptors (Lipinski definition) is 5. The molecule has 22 heavy (non-hydrogen) atoms. The molecule has 2 saturated heterocycles. The molecule has 0 bridgehead atoms. The molecule has 114 valence electrons. The Morgan fingerprint density at radius 2 is 2.09 bits per heavy atom. The van der Waals surface area contributed by atoms with E-state index in [1.807, 2.05) is 30.7 Å². The molecule has 0 aromatic carbocycles. The Morgan fingerprint density at radius 1 is 1.32 bits per heavy atom. The van der Waals surface area contributed by atoms with E-state index in [4.69, 9.17) is 32.2 Å². The van der Waals surface area contributed by atoms with Crippen molar-refractivity contribution in [3.05, 3.63) is 23.7 Å². The zero-order valence-electron chi connectivity index (χ0n) is 12.1. The molecule has 2 aliphatic rings. The maximum atomic E-state index is 6.10. The third-order valence-corrected chi connectivity index (χ3v) is 4.23. The van der Waals surface area contributed by atoms with Crippen LogP contribution in [0, 0.1) is 12.3 Å². The Hall–Kier alpha value is -1.65. The lowest BCUT2D eigenvalue weighted by Crippen LogP contribution is -2.28. The largest absolute Gasteiger partial charge is 0.341 e. The van der Waals surface area contributed by atoms with Crippen LogP contribution < -0.4 is 0 Å². The number of halogens is 1. The molecule has 0 amide bonds. The first-order chi connectivity index (χ1) is 10.5. The van der Waals surface area contributed by atoms with E-state index in [1.54, 1.807) is 0 Å². The lowest BCUT2D eigenvalue weighted by molar-refractivity contribution is -0.190. The first-order valence-electron chi connectivity index (χ1n) is 6.94. The summed E-state index contributed by atoms with van der Waals surface area (Å²) in [6.45, 7) is 3.73. The Morgan fingerprint density at radius 3 is 2.86 bits per heavy atom. The van der Waals surface area contributed by atoms with Crippen LogP contribution in [0.25, 0.3) is 11.0 Å². The molecule has 4 rings (SSSR count). The van der Waals surface area contributed by atoms with Crippen molar-refractivity contribution in [1.82, 2.24) is 14.5 Å². The second kappa shape index (κ2) is 4.67. The van der Waals surface area contributed by atoms with E-state index in [0.29, 0.717) is 10.8 Å². The highest BCUT2D eigenvalue weighted by molar-refractivity contribution is 6.33. The third-order valence-electron chi connectivity index (χ3n) is 3.93. The van der Waals surface area contributed by atoms with Crippen LogP contribution in [0.5, 0.6) is 0 Å². The SMILES string of the molecule is C#C[C@H]1O[C@@H](n2ccc3c(Cl)ncnc32)[C@@H]2OC(C)(C)O[C@@H]21. The maximum absolute atomic E-state index is 6.10. The Labute approximate surface area is 132 Å². The van der Waals surface area contributed by atoms with Crippen molar-refractivity contribution >= 4 is 22.6 Å². The van der Waals surface area contributed by atoms with Gasteiger partial charge in [-0.25, -0.2) is 9.97 Å². The van der Waals surface area contributed by atoms with Gasteiger partial charge >= 0.3 is 0 Å². The van der Waals surface area contributed by atoms with Crippen molar-refractivity contribution in [2.75, 3.05) is 0 Å². The van der Waals surface area contributed by atoms with Crippen molar-refractivity contribution in [3.63, 3.8) is 0 Å². The number of ether oxygens (including phenoxy) is 3. The van der Waals surface area contributed by atoms with E-state index in [1.165, 1.54) is 6.33 Å². The molecule has 0 saturated carbocycles. The van der Waals surface area contributed by atoms with Crippen molar-refractivity contribution < 1.29 is 14.2 Å². The normalized spacial score (nSPS) is 33.0. The highest BCUT2D eigenvalue weighted by atomic mass is 35.5. The number of hydrogen-bond donors (Lipinski definition) is 0. The Kier molecular flexibility index (Phi) is 2.97. The number of aromatic nitrogens is 3. The number of fused-ring (bicyclic) bond motifs is 2. The van der Waals surface area contributed by atoms with Crippen molar-refractivity contribution in [2.24, 2.45) is 0 Å². The molecule has 0 radical (unpaired) electrons. The second-order valence-electron chi connectivity index (χ2n) is 5.80. The molecule has 2 fully saturated rings. The van der Waals surface area contributed by atoms with Crippen LogP contribution in [0.15, 0.2) is 18.6 Å². The van der Waals surface area contributed by atoms with Gasteiger partial charge in [0.25, 0.3) is 0 Å². The van der Waals surface area contributed by atoms with Gasteiger partial charge in [0.05, 0.1) is 5.39 Å². The van der Waals surface area contributed by atoms with Crippen LogP contribution in [0.2, 0.25) is 5.15 Å².